The monoisotopic (exact) mass is 308 g/mol. The first-order valence-corrected chi connectivity index (χ1v) is 10.4. The van der Waals surface area contributed by atoms with E-state index in [4.69, 9.17) is 0 Å². The Kier molecular flexibility index (Phi) is 13.1. The molecule has 21 heavy (non-hydrogen) atoms. The van der Waals surface area contributed by atoms with E-state index in [-0.39, 0.29) is 0 Å². The van der Waals surface area contributed by atoms with Gasteiger partial charge in [-0.1, -0.05) is 90.4 Å². The second-order valence-electron chi connectivity index (χ2n) is 6.48. The fourth-order valence-electron chi connectivity index (χ4n) is 2.96. The van der Waals surface area contributed by atoms with Gasteiger partial charge in [0.2, 0.25) is 0 Å². The summed E-state index contributed by atoms with van der Waals surface area (Å²) < 4.78 is 0. The van der Waals surface area contributed by atoms with E-state index in [0.29, 0.717) is 0 Å². The predicted molar refractivity (Wildman–Crippen MR) is 98.3 cm³/mol. The Balaban J connectivity index is 1.69. The molecule has 0 saturated heterocycles. The molecule has 1 heteroatoms. The average molecular weight is 309 g/mol. The molecule has 0 amide bonds. The minimum atomic E-state index is 1.29. The third-order valence-electron chi connectivity index (χ3n) is 4.40. The number of thiophene rings is 1. The fraction of sp³-hybridized carbons (Fsp3) is 0.800. The Morgan fingerprint density at radius 3 is 1.57 bits per heavy atom. The molecule has 0 aliphatic rings. The lowest BCUT2D eigenvalue weighted by atomic mass is 10.0. The Bertz CT molecular complexity index is 289. The minimum absolute atomic E-state index is 1.29. The van der Waals surface area contributed by atoms with Crippen LogP contribution in [0.4, 0.5) is 0 Å². The molecule has 1 heterocycles. The highest BCUT2D eigenvalue weighted by Gasteiger charge is 1.95. The van der Waals surface area contributed by atoms with Gasteiger partial charge in [0.1, 0.15) is 0 Å². The second kappa shape index (κ2) is 14.6. The highest BCUT2D eigenvalue weighted by Crippen LogP contribution is 2.14. The summed E-state index contributed by atoms with van der Waals surface area (Å²) in [7, 11) is 0. The van der Waals surface area contributed by atoms with Crippen LogP contribution in [-0.2, 0) is 6.42 Å². The van der Waals surface area contributed by atoms with Crippen molar-refractivity contribution in [2.75, 3.05) is 0 Å². The first kappa shape index (κ1) is 18.7. The van der Waals surface area contributed by atoms with Crippen molar-refractivity contribution in [3.8, 4) is 0 Å². The summed E-state index contributed by atoms with van der Waals surface area (Å²) in [5.41, 5.74) is 1.54. The summed E-state index contributed by atoms with van der Waals surface area (Å²) in [5.74, 6) is 0. The molecule has 0 fully saturated rings. The van der Waals surface area contributed by atoms with E-state index >= 15 is 0 Å². The first-order chi connectivity index (χ1) is 10.4. The van der Waals surface area contributed by atoms with Gasteiger partial charge in [0.05, 0.1) is 0 Å². The molecule has 0 aliphatic carbocycles. The largest absolute Gasteiger partial charge is 0.152 e. The van der Waals surface area contributed by atoms with Crippen molar-refractivity contribution in [3.05, 3.63) is 22.4 Å². The van der Waals surface area contributed by atoms with Crippen LogP contribution in [0.2, 0.25) is 0 Å². The van der Waals surface area contributed by atoms with Crippen molar-refractivity contribution >= 4 is 11.3 Å². The quantitative estimate of drug-likeness (QED) is 0.290. The molecule has 0 N–H and O–H groups in total. The topological polar surface area (TPSA) is 0 Å². The van der Waals surface area contributed by atoms with E-state index in [2.05, 4.69) is 23.8 Å². The predicted octanol–water partition coefficient (Wildman–Crippen LogP) is 7.77. The third-order valence-corrected chi connectivity index (χ3v) is 5.13. The summed E-state index contributed by atoms with van der Waals surface area (Å²) in [4.78, 5) is 0. The van der Waals surface area contributed by atoms with Gasteiger partial charge in [-0.2, -0.15) is 11.3 Å². The lowest BCUT2D eigenvalue weighted by Gasteiger charge is -2.03. The lowest BCUT2D eigenvalue weighted by Crippen LogP contribution is -1.85. The van der Waals surface area contributed by atoms with E-state index in [1.54, 1.807) is 5.56 Å². The highest BCUT2D eigenvalue weighted by atomic mass is 32.1. The Labute approximate surface area is 137 Å². The standard InChI is InChI=1S/C20H36S/c1-2-3-4-5-6-7-8-9-10-11-12-13-14-15-16-20-17-18-21-19-20/h17-19H,2-16H2,1H3. The van der Waals surface area contributed by atoms with Crippen molar-refractivity contribution in [2.45, 2.75) is 103 Å². The molecule has 0 spiro atoms. The van der Waals surface area contributed by atoms with Gasteiger partial charge in [-0.05, 0) is 35.2 Å². The Morgan fingerprint density at radius 1 is 0.667 bits per heavy atom. The van der Waals surface area contributed by atoms with Crippen molar-refractivity contribution in [2.24, 2.45) is 0 Å². The zero-order valence-corrected chi connectivity index (χ0v) is 15.1. The van der Waals surface area contributed by atoms with E-state index in [0.717, 1.165) is 0 Å². The van der Waals surface area contributed by atoms with Crippen LogP contribution in [0.3, 0.4) is 0 Å². The Hall–Kier alpha value is -0.300. The molecule has 0 saturated carbocycles. The van der Waals surface area contributed by atoms with Crippen LogP contribution in [-0.4, -0.2) is 0 Å². The maximum absolute atomic E-state index is 2.29. The van der Waals surface area contributed by atoms with Crippen molar-refractivity contribution < 1.29 is 0 Å². The van der Waals surface area contributed by atoms with Crippen LogP contribution < -0.4 is 0 Å². The summed E-state index contributed by atoms with van der Waals surface area (Å²) in [5, 5.41) is 4.49. The van der Waals surface area contributed by atoms with Gasteiger partial charge in [-0.3, -0.25) is 0 Å². The molecule has 0 bridgehead atoms. The average Bonchev–Trinajstić information content (AvgIpc) is 3.01. The Morgan fingerprint density at radius 2 is 1.14 bits per heavy atom. The van der Waals surface area contributed by atoms with Crippen LogP contribution in [0, 0.1) is 0 Å². The number of rotatable bonds is 15. The second-order valence-corrected chi connectivity index (χ2v) is 7.26. The van der Waals surface area contributed by atoms with Gasteiger partial charge < -0.3 is 0 Å². The van der Waals surface area contributed by atoms with Gasteiger partial charge in [0.15, 0.2) is 0 Å². The lowest BCUT2D eigenvalue weighted by molar-refractivity contribution is 0.535. The van der Waals surface area contributed by atoms with Crippen molar-refractivity contribution in [3.63, 3.8) is 0 Å². The summed E-state index contributed by atoms with van der Waals surface area (Å²) >= 11 is 1.83. The number of hydrogen-bond acceptors (Lipinski definition) is 1. The number of aryl methyl sites for hydroxylation is 1. The zero-order chi connectivity index (χ0) is 15.0. The molecule has 0 nitrogen and oxygen atoms in total. The van der Waals surface area contributed by atoms with Gasteiger partial charge >= 0.3 is 0 Å². The summed E-state index contributed by atoms with van der Waals surface area (Å²) in [6.07, 6.45) is 21.6. The first-order valence-electron chi connectivity index (χ1n) is 9.44. The fourth-order valence-corrected chi connectivity index (χ4v) is 3.66. The van der Waals surface area contributed by atoms with Crippen LogP contribution in [0.15, 0.2) is 16.8 Å². The van der Waals surface area contributed by atoms with Crippen molar-refractivity contribution in [1.82, 2.24) is 0 Å². The smallest absolute Gasteiger partial charge is 0.00613 e. The molecule has 0 aliphatic heterocycles. The molecule has 0 aromatic carbocycles. The molecule has 1 aromatic rings. The number of unbranched alkanes of at least 4 members (excludes halogenated alkanes) is 13. The van der Waals surface area contributed by atoms with Crippen LogP contribution in [0.1, 0.15) is 102 Å². The van der Waals surface area contributed by atoms with Gasteiger partial charge in [0, 0.05) is 0 Å². The highest BCUT2D eigenvalue weighted by molar-refractivity contribution is 7.07. The van der Waals surface area contributed by atoms with Gasteiger partial charge in [0.25, 0.3) is 0 Å². The zero-order valence-electron chi connectivity index (χ0n) is 14.2. The molecule has 0 radical (unpaired) electrons. The van der Waals surface area contributed by atoms with Gasteiger partial charge in [-0.25, -0.2) is 0 Å². The molecular weight excluding hydrogens is 272 g/mol. The SMILES string of the molecule is CCCCCCCCCCCCCCCCc1ccsc1. The van der Waals surface area contributed by atoms with Crippen LogP contribution in [0.25, 0.3) is 0 Å². The van der Waals surface area contributed by atoms with Crippen LogP contribution in [0.5, 0.6) is 0 Å². The number of hydrogen-bond donors (Lipinski definition) is 0. The molecular formula is C20H36S. The third kappa shape index (κ3) is 12.0. The molecule has 1 aromatic heterocycles. The maximum Gasteiger partial charge on any atom is -0.00613 e. The molecule has 0 unspecified atom stereocenters. The van der Waals surface area contributed by atoms with E-state index in [9.17, 15) is 0 Å². The molecule has 0 atom stereocenters. The van der Waals surface area contributed by atoms with E-state index in [1.807, 2.05) is 11.3 Å². The van der Waals surface area contributed by atoms with Crippen LogP contribution >= 0.6 is 11.3 Å². The normalized spacial score (nSPS) is 11.1. The summed E-state index contributed by atoms with van der Waals surface area (Å²) in [6.45, 7) is 2.29. The van der Waals surface area contributed by atoms with Gasteiger partial charge in [-0.15, -0.1) is 0 Å². The molecule has 122 valence electrons. The summed E-state index contributed by atoms with van der Waals surface area (Å²) in [6, 6.07) is 2.27. The minimum Gasteiger partial charge on any atom is -0.152 e. The van der Waals surface area contributed by atoms with Crippen molar-refractivity contribution in [1.29, 1.82) is 0 Å². The van der Waals surface area contributed by atoms with E-state index < -0.39 is 0 Å². The maximum atomic E-state index is 2.29. The molecule has 1 rings (SSSR count). The van der Waals surface area contributed by atoms with E-state index in [1.165, 1.54) is 96.3 Å².